The van der Waals surface area contributed by atoms with Gasteiger partial charge in [0.15, 0.2) is 0 Å². The van der Waals surface area contributed by atoms with Crippen LogP contribution in [0.25, 0.3) is 0 Å². The predicted octanol–water partition coefficient (Wildman–Crippen LogP) is 4.62. The van der Waals surface area contributed by atoms with Crippen LogP contribution in [0.2, 0.25) is 0 Å². The van der Waals surface area contributed by atoms with Crippen molar-refractivity contribution >= 4 is 24.6 Å². The highest BCUT2D eigenvalue weighted by Gasteiger charge is 2.20. The summed E-state index contributed by atoms with van der Waals surface area (Å²) >= 11 is 0. The van der Waals surface area contributed by atoms with E-state index in [9.17, 15) is 19.2 Å². The van der Waals surface area contributed by atoms with Gasteiger partial charge in [-0.05, 0) is 6.42 Å². The number of hydrogen-bond acceptors (Lipinski definition) is 8. The molecule has 0 bridgehead atoms. The molecule has 0 unspecified atom stereocenters. The highest BCUT2D eigenvalue weighted by Crippen LogP contribution is 2.09. The van der Waals surface area contributed by atoms with Crippen LogP contribution in [0.1, 0.15) is 64.7 Å². The molecule has 0 saturated carbocycles. The van der Waals surface area contributed by atoms with Crippen LogP contribution in [0.4, 0.5) is 19.2 Å². The SMILES string of the molecule is CCCCCCCCCCCOC(=O)OC(=O)OC(=O)OC(=O)O. The zero-order valence-corrected chi connectivity index (χ0v) is 13.8. The number of hydrogen-bond donors (Lipinski definition) is 1. The molecule has 0 aromatic heterocycles. The van der Waals surface area contributed by atoms with Gasteiger partial charge in [-0.1, -0.05) is 58.3 Å². The molecule has 0 atom stereocenters. The summed E-state index contributed by atoms with van der Waals surface area (Å²) in [6.45, 7) is 2.24. The Hall–Kier alpha value is -2.32. The van der Waals surface area contributed by atoms with Gasteiger partial charge in [0.2, 0.25) is 0 Å². The van der Waals surface area contributed by atoms with Gasteiger partial charge < -0.3 is 24.1 Å². The zero-order valence-electron chi connectivity index (χ0n) is 13.8. The van der Waals surface area contributed by atoms with E-state index >= 15 is 0 Å². The van der Waals surface area contributed by atoms with E-state index in [1.54, 1.807) is 0 Å². The van der Waals surface area contributed by atoms with Crippen molar-refractivity contribution in [2.75, 3.05) is 6.61 Å². The van der Waals surface area contributed by atoms with E-state index in [2.05, 4.69) is 25.9 Å². The number of carboxylic acid groups (broad SMARTS) is 1. The summed E-state index contributed by atoms with van der Waals surface area (Å²) in [6, 6.07) is 0. The summed E-state index contributed by atoms with van der Waals surface area (Å²) in [6.07, 6.45) is 3.04. The van der Waals surface area contributed by atoms with Gasteiger partial charge in [-0.3, -0.25) is 0 Å². The summed E-state index contributed by atoms with van der Waals surface area (Å²) in [5.74, 6) is 0. The van der Waals surface area contributed by atoms with Crippen molar-refractivity contribution in [3.8, 4) is 0 Å². The van der Waals surface area contributed by atoms with E-state index in [0.717, 1.165) is 19.3 Å². The van der Waals surface area contributed by atoms with Crippen molar-refractivity contribution in [1.82, 2.24) is 0 Å². The first-order chi connectivity index (χ1) is 11.5. The summed E-state index contributed by atoms with van der Waals surface area (Å²) < 4.78 is 15.8. The molecule has 0 aliphatic carbocycles. The highest BCUT2D eigenvalue weighted by atomic mass is 16.9. The van der Waals surface area contributed by atoms with E-state index < -0.39 is 24.6 Å². The number of carbonyl (C=O) groups excluding carboxylic acids is 3. The van der Waals surface area contributed by atoms with Crippen LogP contribution < -0.4 is 0 Å². The van der Waals surface area contributed by atoms with Crippen molar-refractivity contribution in [1.29, 1.82) is 0 Å². The molecule has 24 heavy (non-hydrogen) atoms. The van der Waals surface area contributed by atoms with Crippen LogP contribution in [0.3, 0.4) is 0 Å². The maximum absolute atomic E-state index is 11.1. The maximum Gasteiger partial charge on any atom is 0.528 e. The molecule has 1 N–H and O–H groups in total. The standard InChI is InChI=1S/C15H24O9/c1-2-3-4-5-6-7-8-9-10-11-21-13(18)23-15(20)24-14(19)22-12(16)17/h2-11H2,1H3,(H,16,17). The van der Waals surface area contributed by atoms with Gasteiger partial charge in [0.05, 0.1) is 6.61 Å². The van der Waals surface area contributed by atoms with Crippen molar-refractivity contribution < 1.29 is 43.2 Å². The monoisotopic (exact) mass is 348 g/mol. The minimum Gasteiger partial charge on any atom is -0.449 e. The average molecular weight is 348 g/mol. The van der Waals surface area contributed by atoms with E-state index in [4.69, 9.17) is 5.11 Å². The third kappa shape index (κ3) is 14.6. The fraction of sp³-hybridized carbons (Fsp3) is 0.733. The Morgan fingerprint density at radius 3 is 1.67 bits per heavy atom. The molecule has 0 aliphatic rings. The fourth-order valence-electron chi connectivity index (χ4n) is 1.85. The zero-order chi connectivity index (χ0) is 18.2. The second-order valence-corrected chi connectivity index (χ2v) is 5.00. The Labute approximate surface area is 140 Å². The maximum atomic E-state index is 11.1. The van der Waals surface area contributed by atoms with E-state index in [1.165, 1.54) is 32.1 Å². The van der Waals surface area contributed by atoms with Crippen LogP contribution >= 0.6 is 0 Å². The van der Waals surface area contributed by atoms with Gasteiger partial charge in [-0.25, -0.2) is 19.2 Å². The first-order valence-electron chi connectivity index (χ1n) is 7.96. The second-order valence-electron chi connectivity index (χ2n) is 5.00. The Balaban J connectivity index is 3.51. The van der Waals surface area contributed by atoms with Crippen molar-refractivity contribution in [2.24, 2.45) is 0 Å². The highest BCUT2D eigenvalue weighted by molar-refractivity contribution is 5.86. The summed E-state index contributed by atoms with van der Waals surface area (Å²) in [5, 5.41) is 8.07. The van der Waals surface area contributed by atoms with Gasteiger partial charge in [-0.2, -0.15) is 0 Å². The molecule has 0 amide bonds. The molecule has 0 saturated heterocycles. The summed E-state index contributed by atoms with van der Waals surface area (Å²) in [7, 11) is 0. The summed E-state index contributed by atoms with van der Waals surface area (Å²) in [5.41, 5.74) is 0. The number of carbonyl (C=O) groups is 4. The second kappa shape index (κ2) is 14.3. The molecule has 138 valence electrons. The minimum atomic E-state index is -1.96. The van der Waals surface area contributed by atoms with Crippen LogP contribution in [-0.4, -0.2) is 36.3 Å². The van der Waals surface area contributed by atoms with Gasteiger partial charge in [-0.15, -0.1) is 0 Å². The molecule has 0 aromatic carbocycles. The molecule has 0 spiro atoms. The Kier molecular flexibility index (Phi) is 12.9. The molecule has 0 radical (unpaired) electrons. The van der Waals surface area contributed by atoms with Crippen LogP contribution in [0, 0.1) is 0 Å². The van der Waals surface area contributed by atoms with Crippen LogP contribution in [0.15, 0.2) is 0 Å². The van der Waals surface area contributed by atoms with Crippen LogP contribution in [0.5, 0.6) is 0 Å². The smallest absolute Gasteiger partial charge is 0.449 e. The van der Waals surface area contributed by atoms with Gasteiger partial charge in [0, 0.05) is 0 Å². The number of unbranched alkanes of at least 4 members (excludes halogenated alkanes) is 8. The molecular weight excluding hydrogens is 324 g/mol. The largest absolute Gasteiger partial charge is 0.528 e. The molecule has 9 heteroatoms. The number of ether oxygens (including phenoxy) is 4. The number of rotatable bonds is 10. The van der Waals surface area contributed by atoms with Gasteiger partial charge >= 0.3 is 24.6 Å². The molecule has 0 rings (SSSR count). The van der Waals surface area contributed by atoms with E-state index in [1.807, 2.05) is 0 Å². The predicted molar refractivity (Wildman–Crippen MR) is 80.6 cm³/mol. The summed E-state index contributed by atoms with van der Waals surface area (Å²) in [4.78, 5) is 42.5. The minimum absolute atomic E-state index is 0.0710. The fourth-order valence-corrected chi connectivity index (χ4v) is 1.85. The molecule has 0 fully saturated rings. The lowest BCUT2D eigenvalue weighted by Crippen LogP contribution is -2.20. The van der Waals surface area contributed by atoms with Crippen molar-refractivity contribution in [3.63, 3.8) is 0 Å². The quantitative estimate of drug-likeness (QED) is 0.342. The average Bonchev–Trinajstić information content (AvgIpc) is 2.47. The Morgan fingerprint density at radius 2 is 1.12 bits per heavy atom. The first kappa shape index (κ1) is 21.7. The third-order valence-corrected chi connectivity index (χ3v) is 2.97. The molecule has 0 heterocycles. The van der Waals surface area contributed by atoms with Gasteiger partial charge in [0.25, 0.3) is 0 Å². The van der Waals surface area contributed by atoms with E-state index in [-0.39, 0.29) is 6.61 Å². The van der Waals surface area contributed by atoms with Gasteiger partial charge in [0.1, 0.15) is 0 Å². The van der Waals surface area contributed by atoms with Crippen molar-refractivity contribution in [3.05, 3.63) is 0 Å². The normalized spacial score (nSPS) is 9.88. The molecule has 0 aromatic rings. The molecular formula is C15H24O9. The first-order valence-corrected chi connectivity index (χ1v) is 7.96. The molecule has 0 aliphatic heterocycles. The Bertz CT molecular complexity index is 406. The topological polar surface area (TPSA) is 125 Å². The van der Waals surface area contributed by atoms with Crippen molar-refractivity contribution in [2.45, 2.75) is 64.7 Å². The molecule has 9 nitrogen and oxygen atoms in total. The Morgan fingerprint density at radius 1 is 0.667 bits per heavy atom. The van der Waals surface area contributed by atoms with E-state index in [0.29, 0.717) is 6.42 Å². The third-order valence-electron chi connectivity index (χ3n) is 2.97. The lowest BCUT2D eigenvalue weighted by Gasteiger charge is -2.04. The lowest BCUT2D eigenvalue weighted by molar-refractivity contribution is 0.0306. The van der Waals surface area contributed by atoms with Crippen LogP contribution in [-0.2, 0) is 18.9 Å². The lowest BCUT2D eigenvalue weighted by atomic mass is 10.1.